The van der Waals surface area contributed by atoms with Crippen LogP contribution in [-0.2, 0) is 10.3 Å². The number of benzene rings is 2. The van der Waals surface area contributed by atoms with Gasteiger partial charge < -0.3 is 15.5 Å². The number of carbonyl (C=O) groups excluding carboxylic acids is 2. The van der Waals surface area contributed by atoms with E-state index in [9.17, 15) is 9.59 Å². The monoisotopic (exact) mass is 455 g/mol. The minimum atomic E-state index is -0.232. The molecule has 3 amide bonds. The Balaban J connectivity index is 1.37. The van der Waals surface area contributed by atoms with Crippen molar-refractivity contribution >= 4 is 33.6 Å². The largest absolute Gasteiger partial charge is 0.346 e. The molecule has 2 aromatic carbocycles. The zero-order chi connectivity index (χ0) is 20.4. The van der Waals surface area contributed by atoms with Gasteiger partial charge in [-0.15, -0.1) is 0 Å². The molecule has 5 nitrogen and oxygen atoms in total. The van der Waals surface area contributed by atoms with E-state index < -0.39 is 0 Å². The lowest BCUT2D eigenvalue weighted by Gasteiger charge is -2.33. The zero-order valence-electron chi connectivity index (χ0n) is 16.6. The number of likely N-dealkylation sites (tertiary alicyclic amines) is 1. The Morgan fingerprint density at radius 1 is 1.14 bits per heavy atom. The lowest BCUT2D eigenvalue weighted by Crippen LogP contribution is -2.48. The van der Waals surface area contributed by atoms with Crippen LogP contribution in [0.4, 0.5) is 10.5 Å². The van der Waals surface area contributed by atoms with Crippen molar-refractivity contribution in [1.29, 1.82) is 0 Å². The molecule has 6 heteroatoms. The number of anilines is 1. The molecular weight excluding hydrogens is 430 g/mol. The standard InChI is InChI=1S/C23H26BrN3O2/c1-16-4-2-6-20(14-16)25-22(29)27-13-3-5-17(15-27)21(28)26-23(11-12-23)18-7-9-19(24)10-8-18/h2,4,6-10,14,17H,3,5,11-13,15H2,1H3,(H,25,29)(H,26,28). The predicted octanol–water partition coefficient (Wildman–Crippen LogP) is 4.81. The molecule has 1 aliphatic carbocycles. The lowest BCUT2D eigenvalue weighted by atomic mass is 9.96. The zero-order valence-corrected chi connectivity index (χ0v) is 18.2. The van der Waals surface area contributed by atoms with Crippen LogP contribution in [0.15, 0.2) is 53.0 Å². The smallest absolute Gasteiger partial charge is 0.321 e. The van der Waals surface area contributed by atoms with Crippen LogP contribution >= 0.6 is 15.9 Å². The Morgan fingerprint density at radius 3 is 2.59 bits per heavy atom. The number of aryl methyl sites for hydroxylation is 1. The molecule has 0 bridgehead atoms. The van der Waals surface area contributed by atoms with E-state index in [0.29, 0.717) is 13.1 Å². The van der Waals surface area contributed by atoms with Gasteiger partial charge in [-0.1, -0.05) is 40.2 Å². The van der Waals surface area contributed by atoms with Gasteiger partial charge >= 0.3 is 6.03 Å². The number of rotatable bonds is 4. The molecule has 29 heavy (non-hydrogen) atoms. The van der Waals surface area contributed by atoms with Gasteiger partial charge in [0.2, 0.25) is 5.91 Å². The minimum absolute atomic E-state index is 0.0541. The Bertz CT molecular complexity index is 909. The summed E-state index contributed by atoms with van der Waals surface area (Å²) in [5.41, 5.74) is 2.80. The molecule has 152 valence electrons. The minimum Gasteiger partial charge on any atom is -0.346 e. The van der Waals surface area contributed by atoms with Crippen molar-refractivity contribution in [2.45, 2.75) is 38.1 Å². The molecule has 1 aliphatic heterocycles. The van der Waals surface area contributed by atoms with Crippen LogP contribution in [0, 0.1) is 12.8 Å². The molecule has 2 fully saturated rings. The van der Waals surface area contributed by atoms with E-state index in [0.717, 1.165) is 47.0 Å². The highest BCUT2D eigenvalue weighted by molar-refractivity contribution is 9.10. The van der Waals surface area contributed by atoms with Crippen molar-refractivity contribution < 1.29 is 9.59 Å². The molecule has 2 aliphatic rings. The summed E-state index contributed by atoms with van der Waals surface area (Å²) in [5.74, 6) is -0.113. The van der Waals surface area contributed by atoms with Crippen LogP contribution in [0.25, 0.3) is 0 Å². The number of halogens is 1. The Labute approximate surface area is 180 Å². The number of nitrogens with one attached hydrogen (secondary N) is 2. The number of hydrogen-bond donors (Lipinski definition) is 2. The number of nitrogens with zero attached hydrogens (tertiary/aromatic N) is 1. The highest BCUT2D eigenvalue weighted by atomic mass is 79.9. The molecule has 1 unspecified atom stereocenters. The molecular formula is C23H26BrN3O2. The van der Waals surface area contributed by atoms with Crippen molar-refractivity contribution in [3.05, 3.63) is 64.1 Å². The topological polar surface area (TPSA) is 61.4 Å². The molecule has 4 rings (SSSR count). The molecule has 0 aromatic heterocycles. The molecule has 2 N–H and O–H groups in total. The molecule has 1 atom stereocenters. The number of hydrogen-bond acceptors (Lipinski definition) is 2. The molecule has 1 saturated heterocycles. The Hall–Kier alpha value is -2.34. The first-order chi connectivity index (χ1) is 13.9. The molecule has 0 spiro atoms. The van der Waals surface area contributed by atoms with Gasteiger partial charge in [0, 0.05) is 23.2 Å². The van der Waals surface area contributed by atoms with Gasteiger partial charge in [-0.2, -0.15) is 0 Å². The van der Waals surface area contributed by atoms with Gasteiger partial charge in [-0.25, -0.2) is 4.79 Å². The number of amides is 3. The summed E-state index contributed by atoms with van der Waals surface area (Å²) in [6, 6.07) is 15.8. The fourth-order valence-corrected chi connectivity index (χ4v) is 4.28. The summed E-state index contributed by atoms with van der Waals surface area (Å²) < 4.78 is 1.03. The highest BCUT2D eigenvalue weighted by Crippen LogP contribution is 2.46. The Morgan fingerprint density at radius 2 is 1.90 bits per heavy atom. The quantitative estimate of drug-likeness (QED) is 0.694. The summed E-state index contributed by atoms with van der Waals surface area (Å²) in [6.45, 7) is 3.13. The normalized spacial score (nSPS) is 20.1. The molecule has 1 saturated carbocycles. The summed E-state index contributed by atoms with van der Waals surface area (Å²) >= 11 is 3.46. The van der Waals surface area contributed by atoms with Crippen molar-refractivity contribution in [2.75, 3.05) is 18.4 Å². The summed E-state index contributed by atoms with van der Waals surface area (Å²) in [7, 11) is 0. The SMILES string of the molecule is Cc1cccc(NC(=O)N2CCCC(C(=O)NC3(c4ccc(Br)cc4)CC3)C2)c1. The van der Waals surface area contributed by atoms with Gasteiger partial charge in [0.15, 0.2) is 0 Å². The lowest BCUT2D eigenvalue weighted by molar-refractivity contribution is -0.127. The van der Waals surface area contributed by atoms with Crippen LogP contribution in [0.1, 0.15) is 36.8 Å². The average molecular weight is 456 g/mol. The third-order valence-corrected chi connectivity index (χ3v) is 6.39. The van der Waals surface area contributed by atoms with Gasteiger partial charge in [-0.05, 0) is 68.0 Å². The average Bonchev–Trinajstić information content (AvgIpc) is 3.49. The third-order valence-electron chi connectivity index (χ3n) is 5.86. The second kappa shape index (κ2) is 8.19. The number of piperidine rings is 1. The van der Waals surface area contributed by atoms with Crippen molar-refractivity contribution in [3.63, 3.8) is 0 Å². The van der Waals surface area contributed by atoms with E-state index in [4.69, 9.17) is 0 Å². The van der Waals surface area contributed by atoms with E-state index in [2.05, 4.69) is 38.7 Å². The van der Waals surface area contributed by atoms with Gasteiger partial charge in [0.1, 0.15) is 0 Å². The van der Waals surface area contributed by atoms with Crippen LogP contribution in [0.5, 0.6) is 0 Å². The van der Waals surface area contributed by atoms with Crippen molar-refractivity contribution in [3.8, 4) is 0 Å². The molecule has 0 radical (unpaired) electrons. The van der Waals surface area contributed by atoms with E-state index in [-0.39, 0.29) is 23.4 Å². The molecule has 1 heterocycles. The van der Waals surface area contributed by atoms with Crippen molar-refractivity contribution in [1.82, 2.24) is 10.2 Å². The number of carbonyl (C=O) groups is 2. The van der Waals surface area contributed by atoms with Crippen LogP contribution < -0.4 is 10.6 Å². The predicted molar refractivity (Wildman–Crippen MR) is 118 cm³/mol. The first-order valence-electron chi connectivity index (χ1n) is 10.2. The van der Waals surface area contributed by atoms with E-state index in [1.165, 1.54) is 0 Å². The van der Waals surface area contributed by atoms with Crippen molar-refractivity contribution in [2.24, 2.45) is 5.92 Å². The van der Waals surface area contributed by atoms with E-state index in [1.54, 1.807) is 4.90 Å². The van der Waals surface area contributed by atoms with Gasteiger partial charge in [0.05, 0.1) is 11.5 Å². The van der Waals surface area contributed by atoms with Crippen LogP contribution in [0.2, 0.25) is 0 Å². The second-order valence-corrected chi connectivity index (χ2v) is 9.08. The van der Waals surface area contributed by atoms with Gasteiger partial charge in [0.25, 0.3) is 0 Å². The van der Waals surface area contributed by atoms with E-state index >= 15 is 0 Å². The number of urea groups is 1. The summed E-state index contributed by atoms with van der Waals surface area (Å²) in [5, 5.41) is 6.23. The van der Waals surface area contributed by atoms with Crippen LogP contribution in [0.3, 0.4) is 0 Å². The second-order valence-electron chi connectivity index (χ2n) is 8.16. The van der Waals surface area contributed by atoms with Crippen LogP contribution in [-0.4, -0.2) is 29.9 Å². The van der Waals surface area contributed by atoms with Gasteiger partial charge in [-0.3, -0.25) is 4.79 Å². The molecule has 2 aromatic rings. The Kier molecular flexibility index (Phi) is 5.63. The maximum atomic E-state index is 13.0. The third kappa shape index (κ3) is 4.64. The fraction of sp³-hybridized carbons (Fsp3) is 0.391. The maximum absolute atomic E-state index is 13.0. The fourth-order valence-electron chi connectivity index (χ4n) is 4.02. The summed E-state index contributed by atoms with van der Waals surface area (Å²) in [6.07, 6.45) is 3.58. The highest BCUT2D eigenvalue weighted by Gasteiger charge is 2.46. The summed E-state index contributed by atoms with van der Waals surface area (Å²) in [4.78, 5) is 27.4. The first kappa shape index (κ1) is 20.0. The maximum Gasteiger partial charge on any atom is 0.321 e. The first-order valence-corrected chi connectivity index (χ1v) is 11.0. The van der Waals surface area contributed by atoms with E-state index in [1.807, 2.05) is 43.3 Å².